The highest BCUT2D eigenvalue weighted by molar-refractivity contribution is 7.80. The summed E-state index contributed by atoms with van der Waals surface area (Å²) in [5.74, 6) is 0. The summed E-state index contributed by atoms with van der Waals surface area (Å²) in [6.07, 6.45) is 1.87. The van der Waals surface area contributed by atoms with Crippen LogP contribution in [-0.2, 0) is 0 Å². The molecular formula is C18H16N2S. The van der Waals surface area contributed by atoms with E-state index >= 15 is 0 Å². The third-order valence-electron chi connectivity index (χ3n) is 3.45. The van der Waals surface area contributed by atoms with E-state index in [1.54, 1.807) is 0 Å². The molecule has 0 unspecified atom stereocenters. The quantitative estimate of drug-likeness (QED) is 0.432. The maximum atomic E-state index is 5.19. The van der Waals surface area contributed by atoms with Crippen molar-refractivity contribution in [3.63, 3.8) is 0 Å². The fourth-order valence-corrected chi connectivity index (χ4v) is 2.71. The number of nitrogens with one attached hydrogen (secondary N) is 1. The molecule has 3 aromatic rings. The normalized spacial score (nSPS) is 11.3. The zero-order valence-corrected chi connectivity index (χ0v) is 12.7. The van der Waals surface area contributed by atoms with Gasteiger partial charge in [-0.3, -0.25) is 0 Å². The first-order chi connectivity index (χ1) is 10.3. The SMILES string of the molecule is CCNC(=S)/N=C/c1c2ccccc2cc2ccccc12. The number of thiocarbonyl (C=S) groups is 1. The molecule has 3 aromatic carbocycles. The van der Waals surface area contributed by atoms with Crippen molar-refractivity contribution in [1.82, 2.24) is 5.32 Å². The maximum absolute atomic E-state index is 5.19. The molecule has 0 heterocycles. The van der Waals surface area contributed by atoms with Crippen molar-refractivity contribution in [3.8, 4) is 0 Å². The Morgan fingerprint density at radius 2 is 1.62 bits per heavy atom. The predicted molar refractivity (Wildman–Crippen MR) is 95.3 cm³/mol. The van der Waals surface area contributed by atoms with Gasteiger partial charge in [-0.2, -0.15) is 0 Å². The summed E-state index contributed by atoms with van der Waals surface area (Å²) < 4.78 is 0. The molecule has 0 aliphatic rings. The van der Waals surface area contributed by atoms with Gasteiger partial charge in [-0.15, -0.1) is 0 Å². The van der Waals surface area contributed by atoms with Gasteiger partial charge in [-0.25, -0.2) is 4.99 Å². The number of aliphatic imine (C=N–C) groups is 1. The molecule has 0 bridgehead atoms. The van der Waals surface area contributed by atoms with Crippen molar-refractivity contribution < 1.29 is 0 Å². The Morgan fingerprint density at radius 1 is 1.05 bits per heavy atom. The Bertz CT molecular complexity index is 783. The van der Waals surface area contributed by atoms with Crippen LogP contribution in [0.3, 0.4) is 0 Å². The van der Waals surface area contributed by atoms with Gasteiger partial charge in [0.05, 0.1) is 0 Å². The van der Waals surface area contributed by atoms with E-state index in [-0.39, 0.29) is 0 Å². The molecule has 0 aliphatic heterocycles. The predicted octanol–water partition coefficient (Wildman–Crippen LogP) is 4.31. The molecule has 3 rings (SSSR count). The van der Waals surface area contributed by atoms with Gasteiger partial charge < -0.3 is 5.32 Å². The van der Waals surface area contributed by atoms with E-state index in [4.69, 9.17) is 12.2 Å². The summed E-state index contributed by atoms with van der Waals surface area (Å²) >= 11 is 5.19. The molecule has 0 radical (unpaired) electrons. The zero-order valence-electron chi connectivity index (χ0n) is 11.8. The number of benzene rings is 3. The van der Waals surface area contributed by atoms with E-state index in [0.29, 0.717) is 5.11 Å². The van der Waals surface area contributed by atoms with Crippen LogP contribution in [0, 0.1) is 0 Å². The number of hydrogen-bond donors (Lipinski definition) is 1. The van der Waals surface area contributed by atoms with Crippen molar-refractivity contribution in [1.29, 1.82) is 0 Å². The topological polar surface area (TPSA) is 24.4 Å². The molecular weight excluding hydrogens is 276 g/mol. The lowest BCUT2D eigenvalue weighted by Crippen LogP contribution is -2.18. The first-order valence-corrected chi connectivity index (χ1v) is 7.43. The lowest BCUT2D eigenvalue weighted by molar-refractivity contribution is 0.974. The highest BCUT2D eigenvalue weighted by Gasteiger charge is 2.05. The number of nitrogens with zero attached hydrogens (tertiary/aromatic N) is 1. The van der Waals surface area contributed by atoms with Crippen molar-refractivity contribution in [2.45, 2.75) is 6.92 Å². The lowest BCUT2D eigenvalue weighted by atomic mass is 9.97. The second-order valence-corrected chi connectivity index (χ2v) is 5.21. The Morgan fingerprint density at radius 3 is 2.19 bits per heavy atom. The number of hydrogen-bond acceptors (Lipinski definition) is 1. The van der Waals surface area contributed by atoms with Crippen LogP contribution in [0.2, 0.25) is 0 Å². The third-order valence-corrected chi connectivity index (χ3v) is 3.70. The van der Waals surface area contributed by atoms with E-state index in [2.05, 4.69) is 64.9 Å². The fraction of sp³-hybridized carbons (Fsp3) is 0.111. The molecule has 1 N–H and O–H groups in total. The van der Waals surface area contributed by atoms with Gasteiger partial charge in [0.25, 0.3) is 0 Å². The lowest BCUT2D eigenvalue weighted by Gasteiger charge is -2.08. The highest BCUT2D eigenvalue weighted by atomic mass is 32.1. The van der Waals surface area contributed by atoms with Gasteiger partial charge in [0.1, 0.15) is 0 Å². The van der Waals surface area contributed by atoms with E-state index in [1.807, 2.05) is 13.1 Å². The van der Waals surface area contributed by atoms with Crippen LogP contribution < -0.4 is 5.32 Å². The average Bonchev–Trinajstić information content (AvgIpc) is 2.51. The first kappa shape index (κ1) is 13.7. The minimum absolute atomic E-state index is 0.523. The first-order valence-electron chi connectivity index (χ1n) is 7.02. The molecule has 0 spiro atoms. The van der Waals surface area contributed by atoms with Gasteiger partial charge in [0.15, 0.2) is 5.11 Å². The van der Waals surface area contributed by atoms with Crippen LogP contribution in [0.5, 0.6) is 0 Å². The van der Waals surface area contributed by atoms with Crippen LogP contribution in [0.15, 0.2) is 59.6 Å². The van der Waals surface area contributed by atoms with E-state index in [9.17, 15) is 0 Å². The minimum atomic E-state index is 0.523. The zero-order chi connectivity index (χ0) is 14.7. The Kier molecular flexibility index (Phi) is 3.93. The van der Waals surface area contributed by atoms with E-state index in [0.717, 1.165) is 12.1 Å². The second-order valence-electron chi connectivity index (χ2n) is 4.83. The van der Waals surface area contributed by atoms with E-state index < -0.39 is 0 Å². The smallest absolute Gasteiger partial charge is 0.192 e. The molecule has 0 aromatic heterocycles. The van der Waals surface area contributed by atoms with Crippen molar-refractivity contribution in [2.75, 3.05) is 6.54 Å². The molecule has 0 amide bonds. The molecule has 104 valence electrons. The van der Waals surface area contributed by atoms with Crippen LogP contribution in [0.4, 0.5) is 0 Å². The Hall–Kier alpha value is -2.26. The molecule has 0 atom stereocenters. The molecule has 0 aliphatic carbocycles. The van der Waals surface area contributed by atoms with E-state index in [1.165, 1.54) is 21.5 Å². The Balaban J connectivity index is 2.23. The van der Waals surface area contributed by atoms with Crippen LogP contribution in [-0.4, -0.2) is 17.9 Å². The summed E-state index contributed by atoms with van der Waals surface area (Å²) in [4.78, 5) is 4.38. The van der Waals surface area contributed by atoms with Crippen molar-refractivity contribution >= 4 is 45.1 Å². The molecule has 21 heavy (non-hydrogen) atoms. The average molecular weight is 292 g/mol. The minimum Gasteiger partial charge on any atom is -0.361 e. The number of rotatable bonds is 2. The second kappa shape index (κ2) is 6.02. The van der Waals surface area contributed by atoms with Crippen molar-refractivity contribution in [3.05, 3.63) is 60.2 Å². The molecule has 3 heteroatoms. The fourth-order valence-electron chi connectivity index (χ4n) is 2.51. The third kappa shape index (κ3) is 2.78. The van der Waals surface area contributed by atoms with Crippen LogP contribution in [0.1, 0.15) is 12.5 Å². The monoisotopic (exact) mass is 292 g/mol. The largest absolute Gasteiger partial charge is 0.361 e. The summed E-state index contributed by atoms with van der Waals surface area (Å²) in [6, 6.07) is 18.9. The van der Waals surface area contributed by atoms with Gasteiger partial charge in [0.2, 0.25) is 0 Å². The van der Waals surface area contributed by atoms with Crippen LogP contribution in [0.25, 0.3) is 21.5 Å². The summed E-state index contributed by atoms with van der Waals surface area (Å²) in [7, 11) is 0. The summed E-state index contributed by atoms with van der Waals surface area (Å²) in [5, 5.41) is 8.39. The Labute approximate surface area is 129 Å². The summed E-state index contributed by atoms with van der Waals surface area (Å²) in [6.45, 7) is 2.79. The van der Waals surface area contributed by atoms with Crippen LogP contribution >= 0.6 is 12.2 Å². The highest BCUT2D eigenvalue weighted by Crippen LogP contribution is 2.27. The molecule has 0 saturated carbocycles. The molecule has 0 fully saturated rings. The molecule has 0 saturated heterocycles. The number of fused-ring (bicyclic) bond motifs is 2. The molecule has 2 nitrogen and oxygen atoms in total. The van der Waals surface area contributed by atoms with Crippen molar-refractivity contribution in [2.24, 2.45) is 4.99 Å². The van der Waals surface area contributed by atoms with Gasteiger partial charge in [-0.05, 0) is 46.8 Å². The summed E-state index contributed by atoms with van der Waals surface area (Å²) in [5.41, 5.74) is 1.11. The van der Waals surface area contributed by atoms with Gasteiger partial charge >= 0.3 is 0 Å². The van der Waals surface area contributed by atoms with Gasteiger partial charge in [0, 0.05) is 18.3 Å². The van der Waals surface area contributed by atoms with Gasteiger partial charge in [-0.1, -0.05) is 48.5 Å². The standard InChI is InChI=1S/C18H16N2S/c1-2-19-18(21)20-12-17-15-9-5-3-7-13(15)11-14-8-4-6-10-16(14)17/h3-12H,2H2,1H3,(H,19,21)/b20-12+. The maximum Gasteiger partial charge on any atom is 0.192 e.